The first kappa shape index (κ1) is 14.1. The Morgan fingerprint density at radius 1 is 1.47 bits per heavy atom. The lowest BCUT2D eigenvalue weighted by atomic mass is 10.0. The van der Waals surface area contributed by atoms with Gasteiger partial charge in [-0.3, -0.25) is 9.69 Å². The minimum atomic E-state index is 0.0127. The van der Waals surface area contributed by atoms with Gasteiger partial charge in [0.15, 0.2) is 0 Å². The second kappa shape index (κ2) is 6.21. The second-order valence-electron chi connectivity index (χ2n) is 5.10. The van der Waals surface area contributed by atoms with Crippen molar-refractivity contribution in [3.05, 3.63) is 23.7 Å². The number of amides is 1. The third-order valence-corrected chi connectivity index (χ3v) is 3.67. The van der Waals surface area contributed by atoms with Crippen LogP contribution in [0, 0.1) is 6.92 Å². The van der Waals surface area contributed by atoms with Gasteiger partial charge in [-0.2, -0.15) is 0 Å². The summed E-state index contributed by atoms with van der Waals surface area (Å²) >= 11 is 0. The number of aryl methyl sites for hydroxylation is 1. The second-order valence-corrected chi connectivity index (χ2v) is 5.10. The highest BCUT2D eigenvalue weighted by Gasteiger charge is 2.29. The first-order chi connectivity index (χ1) is 9.11. The molecular formula is C14H23N3O2. The van der Waals surface area contributed by atoms with Gasteiger partial charge in [-0.1, -0.05) is 6.92 Å². The molecule has 1 aliphatic rings. The highest BCUT2D eigenvalue weighted by atomic mass is 16.3. The molecule has 1 saturated heterocycles. The molecule has 2 heterocycles. The van der Waals surface area contributed by atoms with Crippen LogP contribution in [0.2, 0.25) is 0 Å². The molecule has 0 aromatic carbocycles. The molecule has 1 aromatic heterocycles. The van der Waals surface area contributed by atoms with Crippen LogP contribution in [0.5, 0.6) is 0 Å². The minimum Gasteiger partial charge on any atom is -0.465 e. The van der Waals surface area contributed by atoms with Crippen molar-refractivity contribution in [2.45, 2.75) is 38.8 Å². The fraction of sp³-hybridized carbons (Fsp3) is 0.643. The number of carbonyl (C=O) groups excluding carboxylic acids is 1. The molecule has 0 bridgehead atoms. The van der Waals surface area contributed by atoms with Crippen LogP contribution < -0.4 is 11.1 Å². The molecule has 106 valence electrons. The van der Waals surface area contributed by atoms with Crippen molar-refractivity contribution < 1.29 is 9.21 Å². The van der Waals surface area contributed by atoms with Gasteiger partial charge in [-0.15, -0.1) is 0 Å². The Bertz CT molecular complexity index is 430. The van der Waals surface area contributed by atoms with Crippen molar-refractivity contribution in [2.24, 2.45) is 5.73 Å². The van der Waals surface area contributed by atoms with Gasteiger partial charge in [0.1, 0.15) is 11.5 Å². The summed E-state index contributed by atoms with van der Waals surface area (Å²) < 4.78 is 5.76. The van der Waals surface area contributed by atoms with Crippen LogP contribution in [0.1, 0.15) is 37.3 Å². The number of furan rings is 1. The van der Waals surface area contributed by atoms with Gasteiger partial charge >= 0.3 is 0 Å². The standard InChI is InChI=1S/C14H23N3O2/c1-3-11(15)14(12-5-4-10(2)19-12)17-8-6-13(18)16-7-9-17/h4-5,11,14H,3,6-9,15H2,1-2H3,(H,16,18). The summed E-state index contributed by atoms with van der Waals surface area (Å²) in [5.41, 5.74) is 6.27. The van der Waals surface area contributed by atoms with E-state index in [2.05, 4.69) is 17.1 Å². The molecule has 1 amide bonds. The number of hydrogen-bond donors (Lipinski definition) is 2. The molecule has 1 aromatic rings. The number of nitrogens with zero attached hydrogens (tertiary/aromatic N) is 1. The summed E-state index contributed by atoms with van der Waals surface area (Å²) in [7, 11) is 0. The van der Waals surface area contributed by atoms with Crippen LogP contribution in [0.25, 0.3) is 0 Å². The molecule has 1 fully saturated rings. The molecule has 0 saturated carbocycles. The monoisotopic (exact) mass is 265 g/mol. The number of rotatable bonds is 4. The van der Waals surface area contributed by atoms with Gasteiger partial charge in [0.05, 0.1) is 6.04 Å². The third kappa shape index (κ3) is 3.36. The molecule has 0 spiro atoms. The van der Waals surface area contributed by atoms with Crippen molar-refractivity contribution in [3.8, 4) is 0 Å². The zero-order chi connectivity index (χ0) is 13.8. The molecule has 2 rings (SSSR count). The van der Waals surface area contributed by atoms with Gasteiger partial charge < -0.3 is 15.5 Å². The Balaban J connectivity index is 2.19. The van der Waals surface area contributed by atoms with Crippen molar-refractivity contribution in [1.82, 2.24) is 10.2 Å². The van der Waals surface area contributed by atoms with E-state index in [1.54, 1.807) is 0 Å². The van der Waals surface area contributed by atoms with Gasteiger partial charge in [0.25, 0.3) is 0 Å². The quantitative estimate of drug-likeness (QED) is 0.858. The first-order valence-electron chi connectivity index (χ1n) is 6.94. The van der Waals surface area contributed by atoms with Gasteiger partial charge in [-0.25, -0.2) is 0 Å². The highest BCUT2D eigenvalue weighted by molar-refractivity contribution is 5.76. The van der Waals surface area contributed by atoms with E-state index in [4.69, 9.17) is 10.2 Å². The van der Waals surface area contributed by atoms with E-state index in [0.29, 0.717) is 13.0 Å². The lowest BCUT2D eigenvalue weighted by Gasteiger charge is -2.32. The predicted molar refractivity (Wildman–Crippen MR) is 73.7 cm³/mol. The van der Waals surface area contributed by atoms with Gasteiger partial charge in [0, 0.05) is 32.1 Å². The largest absolute Gasteiger partial charge is 0.465 e. The molecule has 19 heavy (non-hydrogen) atoms. The Labute approximate surface area is 114 Å². The normalized spacial score (nSPS) is 20.7. The van der Waals surface area contributed by atoms with Crippen LogP contribution in [0.4, 0.5) is 0 Å². The molecule has 0 radical (unpaired) electrons. The van der Waals surface area contributed by atoms with Crippen molar-refractivity contribution in [2.75, 3.05) is 19.6 Å². The molecule has 5 nitrogen and oxygen atoms in total. The van der Waals surface area contributed by atoms with Crippen LogP contribution in [0.15, 0.2) is 16.5 Å². The maximum atomic E-state index is 11.4. The number of nitrogens with two attached hydrogens (primary N) is 1. The molecule has 1 aliphatic heterocycles. The number of carbonyl (C=O) groups is 1. The molecular weight excluding hydrogens is 242 g/mol. The first-order valence-corrected chi connectivity index (χ1v) is 6.94. The Hall–Kier alpha value is -1.33. The van der Waals surface area contributed by atoms with E-state index >= 15 is 0 Å². The summed E-state index contributed by atoms with van der Waals surface area (Å²) in [5, 5.41) is 2.89. The third-order valence-electron chi connectivity index (χ3n) is 3.67. The van der Waals surface area contributed by atoms with E-state index in [9.17, 15) is 4.79 Å². The lowest BCUT2D eigenvalue weighted by molar-refractivity contribution is -0.120. The summed E-state index contributed by atoms with van der Waals surface area (Å²) in [6.07, 6.45) is 1.40. The van der Waals surface area contributed by atoms with Crippen molar-refractivity contribution in [3.63, 3.8) is 0 Å². The SMILES string of the molecule is CCC(N)C(c1ccc(C)o1)N1CCNC(=O)CC1. The lowest BCUT2D eigenvalue weighted by Crippen LogP contribution is -2.42. The fourth-order valence-electron chi connectivity index (χ4n) is 2.56. The molecule has 2 unspecified atom stereocenters. The summed E-state index contributed by atoms with van der Waals surface area (Å²) in [5.74, 6) is 1.91. The average molecular weight is 265 g/mol. The van der Waals surface area contributed by atoms with E-state index in [-0.39, 0.29) is 18.0 Å². The van der Waals surface area contributed by atoms with Crippen LogP contribution in [-0.2, 0) is 4.79 Å². The molecule has 3 N–H and O–H groups in total. The maximum Gasteiger partial charge on any atom is 0.221 e. The fourth-order valence-corrected chi connectivity index (χ4v) is 2.56. The summed E-state index contributed by atoms with van der Waals surface area (Å²) in [6.45, 7) is 6.22. The zero-order valence-corrected chi connectivity index (χ0v) is 11.7. The van der Waals surface area contributed by atoms with E-state index < -0.39 is 0 Å². The van der Waals surface area contributed by atoms with Crippen LogP contribution >= 0.6 is 0 Å². The zero-order valence-electron chi connectivity index (χ0n) is 11.7. The molecule has 2 atom stereocenters. The average Bonchev–Trinajstić information content (AvgIpc) is 2.69. The Morgan fingerprint density at radius 3 is 2.89 bits per heavy atom. The minimum absolute atomic E-state index is 0.0127. The van der Waals surface area contributed by atoms with Crippen molar-refractivity contribution in [1.29, 1.82) is 0 Å². The van der Waals surface area contributed by atoms with Crippen LogP contribution in [0.3, 0.4) is 0 Å². The van der Waals surface area contributed by atoms with Gasteiger partial charge in [0.2, 0.25) is 5.91 Å². The van der Waals surface area contributed by atoms with Crippen LogP contribution in [-0.4, -0.2) is 36.5 Å². The summed E-state index contributed by atoms with van der Waals surface area (Å²) in [4.78, 5) is 13.7. The molecule has 5 heteroatoms. The Morgan fingerprint density at radius 2 is 2.26 bits per heavy atom. The topological polar surface area (TPSA) is 71.5 Å². The molecule has 0 aliphatic carbocycles. The Kier molecular flexibility index (Phi) is 4.61. The van der Waals surface area contributed by atoms with Gasteiger partial charge in [-0.05, 0) is 25.5 Å². The number of hydrogen-bond acceptors (Lipinski definition) is 4. The predicted octanol–water partition coefficient (Wildman–Crippen LogP) is 1.19. The van der Waals surface area contributed by atoms with E-state index in [0.717, 1.165) is 31.0 Å². The number of nitrogens with one attached hydrogen (secondary N) is 1. The smallest absolute Gasteiger partial charge is 0.221 e. The van der Waals surface area contributed by atoms with E-state index in [1.807, 2.05) is 19.1 Å². The van der Waals surface area contributed by atoms with E-state index in [1.165, 1.54) is 0 Å². The summed E-state index contributed by atoms with van der Waals surface area (Å²) in [6, 6.07) is 4.02. The maximum absolute atomic E-state index is 11.4. The highest BCUT2D eigenvalue weighted by Crippen LogP contribution is 2.27. The van der Waals surface area contributed by atoms with Crippen molar-refractivity contribution >= 4 is 5.91 Å².